The van der Waals surface area contributed by atoms with E-state index in [1.165, 1.54) is 0 Å². The Morgan fingerprint density at radius 1 is 1.32 bits per heavy atom. The van der Waals surface area contributed by atoms with Gasteiger partial charge in [0.05, 0.1) is 22.5 Å². The minimum absolute atomic E-state index is 0.366. The number of aromatic nitrogens is 2. The lowest BCUT2D eigenvalue weighted by atomic mass is 10.1. The largest absolute Gasteiger partial charge is 0.494 e. The molecular weight excluding hydrogens is 316 g/mol. The van der Waals surface area contributed by atoms with E-state index in [2.05, 4.69) is 24.0 Å². The molecule has 0 unspecified atom stereocenters. The van der Waals surface area contributed by atoms with E-state index < -0.39 is 0 Å². The monoisotopic (exact) mass is 334 g/mol. The third-order valence-electron chi connectivity index (χ3n) is 3.14. The Kier molecular flexibility index (Phi) is 4.69. The molecule has 0 spiro atoms. The van der Waals surface area contributed by atoms with E-state index in [4.69, 9.17) is 9.26 Å². The van der Waals surface area contributed by atoms with Crippen LogP contribution in [0, 0.1) is 0 Å². The second-order valence-corrected chi connectivity index (χ2v) is 7.46. The molecule has 116 valence electrons. The molecule has 0 amide bonds. The first-order chi connectivity index (χ1) is 10.7. The first-order valence-corrected chi connectivity index (χ1v) is 9.07. The normalized spacial score (nSPS) is 11.5. The first-order valence-electron chi connectivity index (χ1n) is 7.27. The van der Waals surface area contributed by atoms with Gasteiger partial charge in [-0.2, -0.15) is 0 Å². The van der Waals surface area contributed by atoms with Gasteiger partial charge in [0, 0.05) is 17.7 Å². The van der Waals surface area contributed by atoms with Gasteiger partial charge in [0.25, 0.3) is 0 Å². The lowest BCUT2D eigenvalue weighted by molar-refractivity contribution is 0.341. The van der Waals surface area contributed by atoms with Crippen molar-refractivity contribution in [2.24, 2.45) is 0 Å². The van der Waals surface area contributed by atoms with E-state index in [0.717, 1.165) is 37.5 Å². The zero-order chi connectivity index (χ0) is 15.5. The summed E-state index contributed by atoms with van der Waals surface area (Å²) in [5.41, 5.74) is 1.97. The predicted molar refractivity (Wildman–Crippen MR) is 90.9 cm³/mol. The maximum atomic E-state index is 5.53. The first kappa shape index (κ1) is 15.4. The van der Waals surface area contributed by atoms with E-state index in [0.29, 0.717) is 12.5 Å². The van der Waals surface area contributed by atoms with Crippen molar-refractivity contribution in [1.82, 2.24) is 10.1 Å². The van der Waals surface area contributed by atoms with Crippen molar-refractivity contribution in [3.63, 3.8) is 0 Å². The molecule has 0 fully saturated rings. The van der Waals surface area contributed by atoms with Crippen LogP contribution >= 0.6 is 23.1 Å². The van der Waals surface area contributed by atoms with Crippen LogP contribution in [0.4, 0.5) is 0 Å². The summed E-state index contributed by atoms with van der Waals surface area (Å²) in [6.07, 6.45) is 0. The van der Waals surface area contributed by atoms with Gasteiger partial charge in [0.15, 0.2) is 4.34 Å². The van der Waals surface area contributed by atoms with Gasteiger partial charge in [0.1, 0.15) is 11.5 Å². The summed E-state index contributed by atoms with van der Waals surface area (Å²) in [6, 6.07) is 8.05. The number of hydrogen-bond donors (Lipinski definition) is 0. The second-order valence-electron chi connectivity index (χ2n) is 5.21. The SMILES string of the molecule is CCOc1ccc2nc(SCc3cc(C(C)C)on3)sc2c1. The summed E-state index contributed by atoms with van der Waals surface area (Å²) in [6.45, 7) is 6.86. The number of ether oxygens (including phenoxy) is 1. The molecule has 2 heterocycles. The Labute approximate surface area is 137 Å². The summed E-state index contributed by atoms with van der Waals surface area (Å²) in [5, 5.41) is 4.11. The van der Waals surface area contributed by atoms with Crippen LogP contribution in [0.3, 0.4) is 0 Å². The molecule has 0 aliphatic heterocycles. The van der Waals surface area contributed by atoms with Gasteiger partial charge >= 0.3 is 0 Å². The molecule has 4 nitrogen and oxygen atoms in total. The van der Waals surface area contributed by atoms with Crippen LogP contribution in [0.25, 0.3) is 10.2 Å². The fourth-order valence-electron chi connectivity index (χ4n) is 2.01. The fourth-order valence-corrected chi connectivity index (χ4v) is 3.98. The maximum Gasteiger partial charge on any atom is 0.151 e. The number of fused-ring (bicyclic) bond motifs is 1. The zero-order valence-corrected chi connectivity index (χ0v) is 14.5. The van der Waals surface area contributed by atoms with E-state index in [-0.39, 0.29) is 0 Å². The van der Waals surface area contributed by atoms with E-state index in [1.54, 1.807) is 23.1 Å². The average molecular weight is 334 g/mol. The Bertz CT molecular complexity index is 764. The van der Waals surface area contributed by atoms with Crippen molar-refractivity contribution in [2.45, 2.75) is 36.8 Å². The molecule has 0 aliphatic carbocycles. The molecule has 0 radical (unpaired) electrons. The van der Waals surface area contributed by atoms with Gasteiger partial charge in [-0.1, -0.05) is 30.8 Å². The molecule has 0 saturated heterocycles. The smallest absolute Gasteiger partial charge is 0.151 e. The van der Waals surface area contributed by atoms with Crippen molar-refractivity contribution < 1.29 is 9.26 Å². The third kappa shape index (κ3) is 3.44. The highest BCUT2D eigenvalue weighted by Gasteiger charge is 2.10. The Morgan fingerprint density at radius 2 is 2.18 bits per heavy atom. The molecule has 0 saturated carbocycles. The number of thioether (sulfide) groups is 1. The van der Waals surface area contributed by atoms with Crippen LogP contribution in [0.5, 0.6) is 5.75 Å². The molecule has 0 N–H and O–H groups in total. The molecule has 3 aromatic rings. The molecule has 2 aromatic heterocycles. The van der Waals surface area contributed by atoms with Gasteiger partial charge in [-0.05, 0) is 25.1 Å². The van der Waals surface area contributed by atoms with Crippen LogP contribution in [-0.4, -0.2) is 16.7 Å². The lowest BCUT2D eigenvalue weighted by Crippen LogP contribution is -1.89. The van der Waals surface area contributed by atoms with Gasteiger partial charge in [-0.3, -0.25) is 0 Å². The highest BCUT2D eigenvalue weighted by molar-refractivity contribution is 8.00. The van der Waals surface area contributed by atoms with Crippen LogP contribution in [-0.2, 0) is 5.75 Å². The van der Waals surface area contributed by atoms with Crippen LogP contribution < -0.4 is 4.74 Å². The lowest BCUT2D eigenvalue weighted by Gasteiger charge is -2.00. The van der Waals surface area contributed by atoms with Crippen LogP contribution in [0.15, 0.2) is 33.1 Å². The fraction of sp³-hybridized carbons (Fsp3) is 0.375. The molecule has 0 bridgehead atoms. The zero-order valence-electron chi connectivity index (χ0n) is 12.8. The predicted octanol–water partition coefficient (Wildman–Crippen LogP) is 5.10. The molecule has 6 heteroatoms. The summed E-state index contributed by atoms with van der Waals surface area (Å²) in [4.78, 5) is 4.64. The average Bonchev–Trinajstić information content (AvgIpc) is 3.11. The van der Waals surface area contributed by atoms with Crippen molar-refractivity contribution in [2.75, 3.05) is 6.61 Å². The van der Waals surface area contributed by atoms with E-state index in [9.17, 15) is 0 Å². The second kappa shape index (κ2) is 6.71. The number of benzene rings is 1. The summed E-state index contributed by atoms with van der Waals surface area (Å²) in [7, 11) is 0. The van der Waals surface area contributed by atoms with E-state index >= 15 is 0 Å². The third-order valence-corrected chi connectivity index (χ3v) is 5.34. The van der Waals surface area contributed by atoms with Crippen molar-refractivity contribution >= 4 is 33.3 Å². The van der Waals surface area contributed by atoms with Crippen molar-refractivity contribution in [3.8, 4) is 5.75 Å². The summed E-state index contributed by atoms with van der Waals surface area (Å²) < 4.78 is 13.0. The number of thiazole rings is 1. The molecule has 3 rings (SSSR count). The summed E-state index contributed by atoms with van der Waals surface area (Å²) in [5.74, 6) is 2.97. The summed E-state index contributed by atoms with van der Waals surface area (Å²) >= 11 is 3.37. The standard InChI is InChI=1S/C16H18N2O2S2/c1-4-19-12-5-6-13-15(8-12)22-16(17-13)21-9-11-7-14(10(2)3)20-18-11/h5-8,10H,4,9H2,1-3H3. The molecule has 0 aliphatic rings. The maximum absolute atomic E-state index is 5.53. The van der Waals surface area contributed by atoms with Crippen molar-refractivity contribution in [3.05, 3.63) is 35.7 Å². The molecule has 1 aromatic carbocycles. The van der Waals surface area contributed by atoms with Gasteiger partial charge in [0.2, 0.25) is 0 Å². The highest BCUT2D eigenvalue weighted by Crippen LogP contribution is 2.33. The topological polar surface area (TPSA) is 48.2 Å². The van der Waals surface area contributed by atoms with Crippen LogP contribution in [0.2, 0.25) is 0 Å². The van der Waals surface area contributed by atoms with Gasteiger partial charge in [-0.15, -0.1) is 11.3 Å². The number of hydrogen-bond acceptors (Lipinski definition) is 6. The molecule has 0 atom stereocenters. The Hall–Kier alpha value is -1.53. The number of nitrogens with zero attached hydrogens (tertiary/aromatic N) is 2. The van der Waals surface area contributed by atoms with E-state index in [1.807, 2.05) is 31.2 Å². The van der Waals surface area contributed by atoms with Gasteiger partial charge in [-0.25, -0.2) is 4.98 Å². The van der Waals surface area contributed by atoms with Crippen molar-refractivity contribution in [1.29, 1.82) is 0 Å². The Morgan fingerprint density at radius 3 is 2.91 bits per heavy atom. The molecule has 22 heavy (non-hydrogen) atoms. The molecular formula is C16H18N2O2S2. The highest BCUT2D eigenvalue weighted by atomic mass is 32.2. The minimum Gasteiger partial charge on any atom is -0.494 e. The van der Waals surface area contributed by atoms with Crippen LogP contribution in [0.1, 0.15) is 38.1 Å². The number of rotatable bonds is 6. The Balaban J connectivity index is 1.70. The minimum atomic E-state index is 0.366. The quantitative estimate of drug-likeness (QED) is 0.587. The van der Waals surface area contributed by atoms with Gasteiger partial charge < -0.3 is 9.26 Å².